The third-order valence-corrected chi connectivity index (χ3v) is 5.97. The van der Waals surface area contributed by atoms with Crippen LogP contribution in [-0.4, -0.2) is 11.1 Å². The number of rotatable bonds is 3. The van der Waals surface area contributed by atoms with Crippen LogP contribution in [0.1, 0.15) is 26.7 Å². The van der Waals surface area contributed by atoms with Crippen LogP contribution < -0.4 is 0 Å². The van der Waals surface area contributed by atoms with Gasteiger partial charge >= 0.3 is 5.97 Å². The van der Waals surface area contributed by atoms with E-state index in [9.17, 15) is 4.79 Å². The van der Waals surface area contributed by atoms with E-state index in [4.69, 9.17) is 5.11 Å². The molecule has 0 saturated carbocycles. The molecule has 0 amide bonds. The first-order chi connectivity index (χ1) is 9.24. The number of hydrogen-bond acceptors (Lipinski definition) is 3. The molecular formula is C15H12O2S2. The van der Waals surface area contributed by atoms with Gasteiger partial charge in [0.15, 0.2) is 0 Å². The summed E-state index contributed by atoms with van der Waals surface area (Å²) in [6.07, 6.45) is 0.939. The zero-order valence-corrected chi connectivity index (χ0v) is 11.7. The molecule has 4 heteroatoms. The first kappa shape index (κ1) is 12.6. The first-order valence-corrected chi connectivity index (χ1v) is 8.20. The molecule has 2 aromatic rings. The number of hydrogen-bond donors (Lipinski definition) is 1. The Morgan fingerprint density at radius 1 is 1.11 bits per heavy atom. The van der Waals surface area contributed by atoms with E-state index < -0.39 is 5.97 Å². The molecular weight excluding hydrogens is 276 g/mol. The Balaban J connectivity index is 1.78. The summed E-state index contributed by atoms with van der Waals surface area (Å²) in [5.41, 5.74) is 2.91. The van der Waals surface area contributed by atoms with Crippen LogP contribution in [0.5, 0.6) is 0 Å². The Morgan fingerprint density at radius 2 is 1.84 bits per heavy atom. The lowest BCUT2D eigenvalue weighted by Gasteiger charge is -2.09. The van der Waals surface area contributed by atoms with E-state index >= 15 is 0 Å². The van der Waals surface area contributed by atoms with Crippen LogP contribution >= 0.6 is 21.6 Å². The van der Waals surface area contributed by atoms with Crippen molar-refractivity contribution in [2.75, 3.05) is 0 Å². The molecule has 1 N–H and O–H groups in total. The van der Waals surface area contributed by atoms with Gasteiger partial charge in [-0.1, -0.05) is 51.9 Å². The van der Waals surface area contributed by atoms with Crippen LogP contribution in [-0.2, 0) is 6.42 Å². The average Bonchev–Trinajstić information content (AvgIpc) is 2.83. The minimum absolute atomic E-state index is 0.345. The Labute approximate surface area is 119 Å². The predicted molar refractivity (Wildman–Crippen MR) is 79.7 cm³/mol. The van der Waals surface area contributed by atoms with E-state index in [1.165, 1.54) is 16.0 Å². The molecule has 0 spiro atoms. The molecule has 1 unspecified atom stereocenters. The number of fused-ring (bicyclic) bond motifs is 1. The van der Waals surface area contributed by atoms with Gasteiger partial charge in [0.1, 0.15) is 0 Å². The highest BCUT2D eigenvalue weighted by Gasteiger charge is 2.23. The zero-order chi connectivity index (χ0) is 13.2. The number of carbonyl (C=O) groups is 1. The summed E-state index contributed by atoms with van der Waals surface area (Å²) in [6.45, 7) is 0. The summed E-state index contributed by atoms with van der Waals surface area (Å²) >= 11 is 0. The summed E-state index contributed by atoms with van der Waals surface area (Å²) in [4.78, 5) is 12.2. The Kier molecular flexibility index (Phi) is 3.53. The smallest absolute Gasteiger partial charge is 0.335 e. The Morgan fingerprint density at radius 3 is 2.58 bits per heavy atom. The van der Waals surface area contributed by atoms with E-state index in [2.05, 4.69) is 24.3 Å². The van der Waals surface area contributed by atoms with Gasteiger partial charge in [-0.3, -0.25) is 0 Å². The molecule has 0 bridgehead atoms. The molecule has 0 aliphatic carbocycles. The van der Waals surface area contributed by atoms with E-state index in [-0.39, 0.29) is 0 Å². The van der Waals surface area contributed by atoms with Gasteiger partial charge in [-0.05, 0) is 35.7 Å². The fourth-order valence-corrected chi connectivity index (χ4v) is 5.06. The molecule has 1 aliphatic rings. The molecule has 19 heavy (non-hydrogen) atoms. The van der Waals surface area contributed by atoms with Crippen molar-refractivity contribution in [2.45, 2.75) is 16.6 Å². The lowest BCUT2D eigenvalue weighted by molar-refractivity contribution is 0.0697. The largest absolute Gasteiger partial charge is 0.478 e. The lowest BCUT2D eigenvalue weighted by atomic mass is 10.0. The van der Waals surface area contributed by atoms with Crippen LogP contribution in [0.25, 0.3) is 0 Å². The standard InChI is InChI=1S/C15H12O2S2/c16-15(17)11-7-5-10(6-8-11)9-14-12-3-1-2-4-13(12)18-19-14/h1-8,14H,9H2,(H,16,17). The third-order valence-electron chi connectivity index (χ3n) is 3.14. The second kappa shape index (κ2) is 5.31. The summed E-state index contributed by atoms with van der Waals surface area (Å²) in [6, 6.07) is 15.7. The fourth-order valence-electron chi connectivity index (χ4n) is 2.13. The van der Waals surface area contributed by atoms with Crippen molar-refractivity contribution in [3.8, 4) is 0 Å². The molecule has 2 nitrogen and oxygen atoms in total. The van der Waals surface area contributed by atoms with Crippen LogP contribution in [0, 0.1) is 0 Å². The van der Waals surface area contributed by atoms with Crippen molar-refractivity contribution in [2.24, 2.45) is 0 Å². The predicted octanol–water partition coefficient (Wildman–Crippen LogP) is 4.42. The second-order valence-electron chi connectivity index (χ2n) is 4.41. The molecule has 96 valence electrons. The maximum absolute atomic E-state index is 10.8. The van der Waals surface area contributed by atoms with Crippen LogP contribution in [0.3, 0.4) is 0 Å². The Bertz CT molecular complexity index is 608. The van der Waals surface area contributed by atoms with Crippen LogP contribution in [0.15, 0.2) is 53.4 Å². The normalized spacial score (nSPS) is 17.2. The quantitative estimate of drug-likeness (QED) is 0.848. The van der Waals surface area contributed by atoms with Crippen molar-refractivity contribution in [3.05, 3.63) is 65.2 Å². The number of carboxylic acid groups (broad SMARTS) is 1. The summed E-state index contributed by atoms with van der Waals surface area (Å²) in [5.74, 6) is -0.873. The van der Waals surface area contributed by atoms with Crippen molar-refractivity contribution in [1.82, 2.24) is 0 Å². The summed E-state index contributed by atoms with van der Waals surface area (Å²) < 4.78 is 0. The SMILES string of the molecule is O=C(O)c1ccc(CC2SSc3ccccc32)cc1. The molecule has 1 heterocycles. The number of aromatic carboxylic acids is 1. The van der Waals surface area contributed by atoms with Crippen LogP contribution in [0.4, 0.5) is 0 Å². The maximum Gasteiger partial charge on any atom is 0.335 e. The maximum atomic E-state index is 10.8. The minimum Gasteiger partial charge on any atom is -0.478 e. The second-order valence-corrected chi connectivity index (χ2v) is 6.86. The molecule has 0 saturated heterocycles. The first-order valence-electron chi connectivity index (χ1n) is 5.98. The molecule has 3 rings (SSSR count). The molecule has 0 aromatic heterocycles. The van der Waals surface area contributed by atoms with Crippen molar-refractivity contribution >= 4 is 27.6 Å². The third kappa shape index (κ3) is 2.65. The van der Waals surface area contributed by atoms with Crippen LogP contribution in [0.2, 0.25) is 0 Å². The van der Waals surface area contributed by atoms with Gasteiger partial charge in [-0.15, -0.1) is 0 Å². The topological polar surface area (TPSA) is 37.3 Å². The van der Waals surface area contributed by atoms with E-state index in [0.717, 1.165) is 6.42 Å². The Hall–Kier alpha value is -1.39. The van der Waals surface area contributed by atoms with Gasteiger partial charge in [0, 0.05) is 10.1 Å². The number of carboxylic acids is 1. The molecule has 0 radical (unpaired) electrons. The lowest BCUT2D eigenvalue weighted by Crippen LogP contribution is -1.98. The summed E-state index contributed by atoms with van der Waals surface area (Å²) in [7, 11) is 3.70. The summed E-state index contributed by atoms with van der Waals surface area (Å²) in [5, 5.41) is 9.34. The van der Waals surface area contributed by atoms with Crippen molar-refractivity contribution in [3.63, 3.8) is 0 Å². The van der Waals surface area contributed by atoms with E-state index in [0.29, 0.717) is 10.8 Å². The zero-order valence-electron chi connectivity index (χ0n) is 10.1. The van der Waals surface area contributed by atoms with Crippen molar-refractivity contribution < 1.29 is 9.90 Å². The molecule has 1 aliphatic heterocycles. The van der Waals surface area contributed by atoms with Gasteiger partial charge in [0.25, 0.3) is 0 Å². The van der Waals surface area contributed by atoms with Gasteiger partial charge in [-0.25, -0.2) is 4.79 Å². The van der Waals surface area contributed by atoms with Gasteiger partial charge in [-0.2, -0.15) is 0 Å². The van der Waals surface area contributed by atoms with Gasteiger partial charge in [0.05, 0.1) is 5.56 Å². The minimum atomic E-state index is -0.873. The van der Waals surface area contributed by atoms with E-state index in [1.807, 2.05) is 33.7 Å². The highest BCUT2D eigenvalue weighted by Crippen LogP contribution is 2.53. The fraction of sp³-hybridized carbons (Fsp3) is 0.133. The van der Waals surface area contributed by atoms with Gasteiger partial charge < -0.3 is 5.11 Å². The molecule has 2 aromatic carbocycles. The molecule has 0 fully saturated rings. The molecule has 1 atom stereocenters. The number of benzene rings is 2. The highest BCUT2D eigenvalue weighted by molar-refractivity contribution is 8.77. The highest BCUT2D eigenvalue weighted by atomic mass is 33.1. The van der Waals surface area contributed by atoms with Gasteiger partial charge in [0.2, 0.25) is 0 Å². The average molecular weight is 288 g/mol. The monoisotopic (exact) mass is 288 g/mol. The van der Waals surface area contributed by atoms with Crippen molar-refractivity contribution in [1.29, 1.82) is 0 Å². The van der Waals surface area contributed by atoms with E-state index in [1.54, 1.807) is 12.1 Å².